The molecule has 1 amide bonds. The normalized spacial score (nSPS) is 34.2. The second-order valence-electron chi connectivity index (χ2n) is 9.33. The smallest absolute Gasteiger partial charge is 0.226 e. The minimum atomic E-state index is -0.356. The first kappa shape index (κ1) is 15.9. The zero-order valence-electron chi connectivity index (χ0n) is 15.6. The molecule has 1 saturated heterocycles. The van der Waals surface area contributed by atoms with Gasteiger partial charge >= 0.3 is 0 Å². The van der Waals surface area contributed by atoms with Crippen molar-refractivity contribution in [1.29, 1.82) is 0 Å². The molecule has 1 aliphatic heterocycles. The Kier molecular flexibility index (Phi) is 2.97. The van der Waals surface area contributed by atoms with Crippen LogP contribution in [0.5, 0.6) is 0 Å². The van der Waals surface area contributed by atoms with Crippen LogP contribution >= 0.6 is 0 Å². The minimum absolute atomic E-state index is 0.0844. The number of hydrogen-bond donors (Lipinski definition) is 1. The van der Waals surface area contributed by atoms with Crippen molar-refractivity contribution in [1.82, 2.24) is 10.3 Å². The summed E-state index contributed by atoms with van der Waals surface area (Å²) in [6.45, 7) is 7.32. The molecular formula is C22H24N2O2. The lowest BCUT2D eigenvalue weighted by Gasteiger charge is -2.54. The number of benzene rings is 2. The van der Waals surface area contributed by atoms with Crippen molar-refractivity contribution in [2.75, 3.05) is 6.54 Å². The fraction of sp³-hybridized carbons (Fsp3) is 0.455. The monoisotopic (exact) mass is 348 g/mol. The first-order chi connectivity index (χ1) is 12.3. The summed E-state index contributed by atoms with van der Waals surface area (Å²) >= 11 is 0. The standard InChI is InChI=1S/C22H24N2O2/c1-20-10-21(2,18(25)23-13-20)12-22(3,11-20)19-24-16-8-14-6-4-5-7-15(14)9-17(16)26-19/h4-9H,10-13H2,1-3H3,(H,23,25)/t20-,21+,22-/m1/s1. The second kappa shape index (κ2) is 4.87. The predicted molar refractivity (Wildman–Crippen MR) is 102 cm³/mol. The Labute approximate surface area is 153 Å². The fourth-order valence-electron chi connectivity index (χ4n) is 5.75. The van der Waals surface area contributed by atoms with Crippen LogP contribution in [0.25, 0.3) is 21.9 Å². The van der Waals surface area contributed by atoms with Gasteiger partial charge in [-0.15, -0.1) is 0 Å². The van der Waals surface area contributed by atoms with Crippen LogP contribution in [0.15, 0.2) is 40.8 Å². The predicted octanol–water partition coefficient (Wildman–Crippen LogP) is 4.57. The van der Waals surface area contributed by atoms with Crippen LogP contribution in [0.4, 0.5) is 0 Å². The van der Waals surface area contributed by atoms with Crippen LogP contribution in [0.2, 0.25) is 0 Å². The summed E-state index contributed by atoms with van der Waals surface area (Å²) in [7, 11) is 0. The van der Waals surface area contributed by atoms with Crippen LogP contribution in [-0.2, 0) is 10.2 Å². The summed E-state index contributed by atoms with van der Waals surface area (Å²) in [4.78, 5) is 17.4. The molecule has 2 aromatic carbocycles. The molecule has 2 fully saturated rings. The molecule has 3 atom stereocenters. The molecule has 0 unspecified atom stereocenters. The molecule has 1 aliphatic carbocycles. The lowest BCUT2D eigenvalue weighted by Crippen LogP contribution is -2.59. The number of carbonyl (C=O) groups is 1. The maximum atomic E-state index is 12.6. The molecule has 1 saturated carbocycles. The van der Waals surface area contributed by atoms with E-state index in [2.05, 4.69) is 50.4 Å². The Morgan fingerprint density at radius 2 is 1.69 bits per heavy atom. The summed E-state index contributed by atoms with van der Waals surface area (Å²) in [6, 6.07) is 12.4. The van der Waals surface area contributed by atoms with Crippen LogP contribution in [-0.4, -0.2) is 17.4 Å². The number of carbonyl (C=O) groups excluding carboxylic acids is 1. The zero-order valence-corrected chi connectivity index (χ0v) is 15.6. The van der Waals surface area contributed by atoms with Gasteiger partial charge in [0, 0.05) is 17.4 Å². The van der Waals surface area contributed by atoms with Crippen molar-refractivity contribution in [3.63, 3.8) is 0 Å². The van der Waals surface area contributed by atoms with Gasteiger partial charge in [-0.1, -0.05) is 45.0 Å². The first-order valence-corrected chi connectivity index (χ1v) is 9.37. The molecule has 3 aromatic rings. The van der Waals surface area contributed by atoms with Crippen molar-refractivity contribution in [3.8, 4) is 0 Å². The molecule has 1 aromatic heterocycles. The molecule has 2 aliphatic rings. The van der Waals surface area contributed by atoms with Crippen LogP contribution < -0.4 is 5.32 Å². The van der Waals surface area contributed by atoms with Crippen molar-refractivity contribution in [3.05, 3.63) is 42.3 Å². The fourth-order valence-corrected chi connectivity index (χ4v) is 5.75. The van der Waals surface area contributed by atoms with E-state index in [0.717, 1.165) is 48.2 Å². The number of fused-ring (bicyclic) bond motifs is 4. The zero-order chi connectivity index (χ0) is 18.2. The highest BCUT2D eigenvalue weighted by atomic mass is 16.3. The number of amides is 1. The van der Waals surface area contributed by atoms with E-state index in [1.165, 1.54) is 5.39 Å². The van der Waals surface area contributed by atoms with Gasteiger partial charge in [0.05, 0.1) is 0 Å². The number of rotatable bonds is 1. The van der Waals surface area contributed by atoms with E-state index in [4.69, 9.17) is 9.40 Å². The number of piperidine rings is 1. The third-order valence-corrected chi connectivity index (χ3v) is 6.41. The lowest BCUT2D eigenvalue weighted by atomic mass is 9.52. The molecule has 5 rings (SSSR count). The second-order valence-corrected chi connectivity index (χ2v) is 9.33. The highest BCUT2D eigenvalue weighted by Gasteiger charge is 2.57. The molecule has 26 heavy (non-hydrogen) atoms. The Morgan fingerprint density at radius 3 is 2.46 bits per heavy atom. The van der Waals surface area contributed by atoms with Gasteiger partial charge in [-0.2, -0.15) is 0 Å². The van der Waals surface area contributed by atoms with E-state index in [1.54, 1.807) is 0 Å². The van der Waals surface area contributed by atoms with Crippen molar-refractivity contribution in [2.45, 2.75) is 45.4 Å². The van der Waals surface area contributed by atoms with E-state index < -0.39 is 0 Å². The summed E-state index contributed by atoms with van der Waals surface area (Å²) < 4.78 is 6.27. The van der Waals surface area contributed by atoms with Gasteiger partial charge < -0.3 is 9.73 Å². The quantitative estimate of drug-likeness (QED) is 0.701. The van der Waals surface area contributed by atoms with Crippen LogP contribution in [0.3, 0.4) is 0 Å². The third kappa shape index (κ3) is 2.21. The van der Waals surface area contributed by atoms with Crippen molar-refractivity contribution in [2.24, 2.45) is 10.8 Å². The largest absolute Gasteiger partial charge is 0.440 e. The Morgan fingerprint density at radius 1 is 1.00 bits per heavy atom. The van der Waals surface area contributed by atoms with Gasteiger partial charge in [0.25, 0.3) is 0 Å². The molecule has 0 radical (unpaired) electrons. The summed E-state index contributed by atoms with van der Waals surface area (Å²) in [5.74, 6) is 0.942. The summed E-state index contributed by atoms with van der Waals surface area (Å²) in [6.07, 6.45) is 2.68. The Bertz CT molecular complexity index is 1000. The number of nitrogens with one attached hydrogen (secondary N) is 1. The average Bonchev–Trinajstić information content (AvgIpc) is 2.99. The molecule has 2 bridgehead atoms. The van der Waals surface area contributed by atoms with Crippen molar-refractivity contribution < 1.29 is 9.21 Å². The SMILES string of the molecule is C[C@@]12CNC(=O)[C@@](C)(C1)C[C@](C)(c1nc3cc4ccccc4cc3o1)C2. The van der Waals surface area contributed by atoms with E-state index in [1.807, 2.05) is 12.1 Å². The van der Waals surface area contributed by atoms with E-state index in [9.17, 15) is 4.79 Å². The number of aromatic nitrogens is 1. The molecular weight excluding hydrogens is 324 g/mol. The van der Waals surface area contributed by atoms with Gasteiger partial charge in [0.1, 0.15) is 5.52 Å². The Hall–Kier alpha value is -2.36. The van der Waals surface area contributed by atoms with E-state index >= 15 is 0 Å². The van der Waals surface area contributed by atoms with Gasteiger partial charge in [-0.3, -0.25) is 4.79 Å². The highest BCUT2D eigenvalue weighted by Crippen LogP contribution is 2.56. The average molecular weight is 348 g/mol. The van der Waals surface area contributed by atoms with Crippen molar-refractivity contribution >= 4 is 27.8 Å². The first-order valence-electron chi connectivity index (χ1n) is 9.37. The number of nitrogens with zero attached hydrogens (tertiary/aromatic N) is 1. The lowest BCUT2D eigenvalue weighted by molar-refractivity contribution is -0.143. The van der Waals surface area contributed by atoms with Crippen LogP contribution in [0.1, 0.15) is 45.9 Å². The molecule has 0 spiro atoms. The number of oxazole rings is 1. The molecule has 4 heteroatoms. The number of hydrogen-bond acceptors (Lipinski definition) is 3. The molecule has 1 N–H and O–H groups in total. The van der Waals surface area contributed by atoms with E-state index in [-0.39, 0.29) is 22.2 Å². The molecule has 134 valence electrons. The molecule has 2 heterocycles. The molecule has 4 nitrogen and oxygen atoms in total. The van der Waals surface area contributed by atoms with Gasteiger partial charge in [-0.05, 0) is 47.6 Å². The summed E-state index contributed by atoms with van der Waals surface area (Å²) in [5, 5.41) is 5.44. The Balaban J connectivity index is 1.64. The summed E-state index contributed by atoms with van der Waals surface area (Å²) in [5.41, 5.74) is 1.22. The third-order valence-electron chi connectivity index (χ3n) is 6.41. The maximum absolute atomic E-state index is 12.6. The topological polar surface area (TPSA) is 55.1 Å². The van der Waals surface area contributed by atoms with E-state index in [0.29, 0.717) is 0 Å². The highest BCUT2D eigenvalue weighted by molar-refractivity contribution is 5.94. The minimum Gasteiger partial charge on any atom is -0.440 e. The maximum Gasteiger partial charge on any atom is 0.226 e. The van der Waals surface area contributed by atoms with Gasteiger partial charge in [0.15, 0.2) is 5.58 Å². The van der Waals surface area contributed by atoms with Gasteiger partial charge in [-0.25, -0.2) is 4.98 Å². The van der Waals surface area contributed by atoms with Gasteiger partial charge in [0.2, 0.25) is 11.8 Å². The van der Waals surface area contributed by atoms with Crippen LogP contribution in [0, 0.1) is 10.8 Å².